The summed E-state index contributed by atoms with van der Waals surface area (Å²) in [6.07, 6.45) is -2.00. The first-order valence-electron chi connectivity index (χ1n) is 10.2. The van der Waals surface area contributed by atoms with Crippen molar-refractivity contribution in [2.45, 2.75) is 17.9 Å². The fourth-order valence-electron chi connectivity index (χ4n) is 4.69. The highest BCUT2D eigenvalue weighted by molar-refractivity contribution is 5.61. The van der Waals surface area contributed by atoms with Gasteiger partial charge in [0.15, 0.2) is 11.5 Å². The fourth-order valence-corrected chi connectivity index (χ4v) is 4.69. The lowest BCUT2D eigenvalue weighted by Gasteiger charge is -2.25. The van der Waals surface area contributed by atoms with Crippen LogP contribution >= 0.6 is 0 Å². The van der Waals surface area contributed by atoms with Gasteiger partial charge in [0, 0.05) is 11.8 Å². The van der Waals surface area contributed by atoms with Gasteiger partial charge in [0.2, 0.25) is 6.79 Å². The van der Waals surface area contributed by atoms with Crippen molar-refractivity contribution in [3.63, 3.8) is 0 Å². The number of fused-ring (bicyclic) bond motifs is 2. The van der Waals surface area contributed by atoms with E-state index >= 15 is 0 Å². The third-order valence-corrected chi connectivity index (χ3v) is 6.09. The van der Waals surface area contributed by atoms with E-state index in [4.69, 9.17) is 23.7 Å². The molecule has 0 amide bonds. The Hall–Kier alpha value is -3.87. The van der Waals surface area contributed by atoms with Crippen molar-refractivity contribution in [1.82, 2.24) is 0 Å². The van der Waals surface area contributed by atoms with E-state index in [1.165, 1.54) is 0 Å². The lowest BCUT2D eigenvalue weighted by atomic mass is 9.87. The second kappa shape index (κ2) is 8.00. The van der Waals surface area contributed by atoms with Crippen LogP contribution < -0.4 is 18.9 Å². The Bertz CT molecular complexity index is 1160. The van der Waals surface area contributed by atoms with Crippen molar-refractivity contribution in [3.8, 4) is 23.0 Å². The van der Waals surface area contributed by atoms with E-state index in [1.54, 1.807) is 14.2 Å². The number of methoxy groups -OCH3 is 2. The molecule has 0 spiro atoms. The maximum Gasteiger partial charge on any atom is 0.506 e. The minimum Gasteiger partial charge on any atom is -0.497 e. The Balaban J connectivity index is 1.67. The van der Waals surface area contributed by atoms with Crippen LogP contribution in [0.3, 0.4) is 0 Å². The van der Waals surface area contributed by atoms with Crippen LogP contribution in [0.2, 0.25) is 0 Å². The van der Waals surface area contributed by atoms with Gasteiger partial charge in [-0.05, 0) is 58.7 Å². The topological polar surface area (TPSA) is 83.5 Å². The summed E-state index contributed by atoms with van der Waals surface area (Å²) in [5, 5.41) is 9.61. The quantitative estimate of drug-likeness (QED) is 0.579. The summed E-state index contributed by atoms with van der Waals surface area (Å²) >= 11 is 0. The number of hydrogen-bond acceptors (Lipinski definition) is 6. The van der Waals surface area contributed by atoms with Crippen molar-refractivity contribution in [2.24, 2.45) is 0 Å². The number of carbonyl (C=O) groups is 1. The molecule has 0 fully saturated rings. The SMILES string of the molecule is COc1ccc(C2c3cc(OC)ccc3C(c3ccc4c(c3)OCO4)C2OC(=O)O)cc1. The summed E-state index contributed by atoms with van der Waals surface area (Å²) in [4.78, 5) is 11.8. The Kier molecular flexibility index (Phi) is 5.01. The van der Waals surface area contributed by atoms with Crippen molar-refractivity contribution in [1.29, 1.82) is 0 Å². The zero-order valence-electron chi connectivity index (χ0n) is 17.6. The smallest absolute Gasteiger partial charge is 0.497 e. The molecule has 7 heteroatoms. The van der Waals surface area contributed by atoms with E-state index in [9.17, 15) is 9.90 Å². The van der Waals surface area contributed by atoms with Gasteiger partial charge in [0.25, 0.3) is 0 Å². The number of benzene rings is 3. The largest absolute Gasteiger partial charge is 0.506 e. The normalized spacial score (nSPS) is 20.5. The van der Waals surface area contributed by atoms with Crippen LogP contribution in [0, 0.1) is 0 Å². The molecule has 1 N–H and O–H groups in total. The molecule has 1 aliphatic carbocycles. The number of ether oxygens (including phenoxy) is 5. The first kappa shape index (κ1) is 20.1. The van der Waals surface area contributed by atoms with E-state index in [2.05, 4.69) is 0 Å². The summed E-state index contributed by atoms with van der Waals surface area (Å²) in [5.74, 6) is 2.08. The van der Waals surface area contributed by atoms with Gasteiger partial charge in [-0.15, -0.1) is 0 Å². The van der Waals surface area contributed by atoms with Gasteiger partial charge in [0.1, 0.15) is 17.6 Å². The molecule has 0 saturated carbocycles. The molecule has 5 rings (SSSR count). The molecule has 164 valence electrons. The summed E-state index contributed by atoms with van der Waals surface area (Å²) < 4.78 is 27.3. The molecular formula is C25H22O7. The molecule has 3 atom stereocenters. The van der Waals surface area contributed by atoms with Crippen LogP contribution in [0.5, 0.6) is 23.0 Å². The molecule has 3 aromatic carbocycles. The third kappa shape index (κ3) is 3.36. The molecule has 1 aliphatic heterocycles. The molecule has 0 aromatic heterocycles. The molecule has 3 unspecified atom stereocenters. The van der Waals surface area contributed by atoms with Crippen molar-refractivity contribution < 1.29 is 33.6 Å². The van der Waals surface area contributed by atoms with E-state index < -0.39 is 12.3 Å². The van der Waals surface area contributed by atoms with Crippen molar-refractivity contribution >= 4 is 6.16 Å². The van der Waals surface area contributed by atoms with Crippen LogP contribution in [0.15, 0.2) is 60.7 Å². The minimum absolute atomic E-state index is 0.167. The monoisotopic (exact) mass is 434 g/mol. The lowest BCUT2D eigenvalue weighted by Crippen LogP contribution is -2.26. The molecular weight excluding hydrogens is 412 g/mol. The zero-order chi connectivity index (χ0) is 22.2. The van der Waals surface area contributed by atoms with Gasteiger partial charge in [-0.2, -0.15) is 0 Å². The number of hydrogen-bond donors (Lipinski definition) is 1. The van der Waals surface area contributed by atoms with Gasteiger partial charge >= 0.3 is 6.16 Å². The van der Waals surface area contributed by atoms with Gasteiger partial charge < -0.3 is 28.8 Å². The molecule has 32 heavy (non-hydrogen) atoms. The zero-order valence-corrected chi connectivity index (χ0v) is 17.6. The molecule has 0 radical (unpaired) electrons. The van der Waals surface area contributed by atoms with Crippen LogP contribution in [-0.4, -0.2) is 38.4 Å². The maximum absolute atomic E-state index is 11.8. The maximum atomic E-state index is 11.8. The van der Waals surface area contributed by atoms with E-state index in [1.807, 2.05) is 60.7 Å². The summed E-state index contributed by atoms with van der Waals surface area (Å²) in [6.45, 7) is 0.167. The molecule has 7 nitrogen and oxygen atoms in total. The molecule has 3 aromatic rings. The Labute approximate surface area is 185 Å². The average molecular weight is 434 g/mol. The van der Waals surface area contributed by atoms with Crippen LogP contribution in [0.1, 0.15) is 34.1 Å². The first-order valence-corrected chi connectivity index (χ1v) is 10.2. The van der Waals surface area contributed by atoms with Gasteiger partial charge in [-0.25, -0.2) is 4.79 Å². The predicted molar refractivity (Wildman–Crippen MR) is 115 cm³/mol. The summed E-state index contributed by atoms with van der Waals surface area (Å²) in [6, 6.07) is 19.1. The summed E-state index contributed by atoms with van der Waals surface area (Å²) in [7, 11) is 3.22. The van der Waals surface area contributed by atoms with Crippen molar-refractivity contribution in [2.75, 3.05) is 21.0 Å². The molecule has 0 bridgehead atoms. The second-order valence-corrected chi connectivity index (χ2v) is 7.68. The molecule has 0 saturated heterocycles. The Morgan fingerprint density at radius 3 is 2.19 bits per heavy atom. The van der Waals surface area contributed by atoms with E-state index in [-0.39, 0.29) is 18.6 Å². The highest BCUT2D eigenvalue weighted by Gasteiger charge is 2.45. The predicted octanol–water partition coefficient (Wildman–Crippen LogP) is 4.77. The lowest BCUT2D eigenvalue weighted by molar-refractivity contribution is 0.0433. The Morgan fingerprint density at radius 2 is 1.47 bits per heavy atom. The van der Waals surface area contributed by atoms with Crippen LogP contribution in [-0.2, 0) is 4.74 Å². The number of rotatable bonds is 5. The molecule has 2 aliphatic rings. The van der Waals surface area contributed by atoms with E-state index in [0.717, 1.165) is 28.0 Å². The standard InChI is InChI=1S/C25H22O7/c1-28-16-6-3-14(4-7-16)22-19-12-17(29-2)8-9-18(19)23(24(22)32-25(26)27)15-5-10-20-21(11-15)31-13-30-20/h3-12,22-24H,13H2,1-2H3,(H,26,27). The third-order valence-electron chi connectivity index (χ3n) is 6.09. The number of carboxylic acid groups (broad SMARTS) is 1. The highest BCUT2D eigenvalue weighted by atomic mass is 16.7. The van der Waals surface area contributed by atoms with Crippen LogP contribution in [0.4, 0.5) is 4.79 Å². The molecule has 1 heterocycles. The van der Waals surface area contributed by atoms with E-state index in [0.29, 0.717) is 17.2 Å². The Morgan fingerprint density at radius 1 is 0.812 bits per heavy atom. The van der Waals surface area contributed by atoms with Crippen molar-refractivity contribution in [3.05, 3.63) is 82.9 Å². The second-order valence-electron chi connectivity index (χ2n) is 7.68. The highest BCUT2D eigenvalue weighted by Crippen LogP contribution is 2.52. The summed E-state index contributed by atoms with van der Waals surface area (Å²) in [5.41, 5.74) is 3.76. The fraction of sp³-hybridized carbons (Fsp3) is 0.240. The van der Waals surface area contributed by atoms with Gasteiger partial charge in [-0.1, -0.05) is 24.3 Å². The minimum atomic E-state index is -1.32. The van der Waals surface area contributed by atoms with Crippen LogP contribution in [0.25, 0.3) is 0 Å². The first-order chi connectivity index (χ1) is 15.6. The van der Waals surface area contributed by atoms with Gasteiger partial charge in [-0.3, -0.25) is 0 Å². The average Bonchev–Trinajstić information content (AvgIpc) is 3.39. The van der Waals surface area contributed by atoms with Gasteiger partial charge in [0.05, 0.1) is 14.2 Å².